The standard InChI is InChI=1S/C24H25NO5S2.ClH/c25-16-20-21(30-15-7-10-18-8-3-1-4-9-18)13-14-22-24(20)23(17-31(22,26)27)32(28,29)19-11-5-2-6-12-19;/h1-6,8-9,11-14,23H,7,10,15-17,25H2;1H. The number of nitrogens with two attached hydrogens (primary N) is 1. The molecule has 0 radical (unpaired) electrons. The number of halogens is 1. The van der Waals surface area contributed by atoms with E-state index in [1.165, 1.54) is 23.8 Å². The van der Waals surface area contributed by atoms with Gasteiger partial charge in [-0.25, -0.2) is 16.8 Å². The van der Waals surface area contributed by atoms with Gasteiger partial charge in [0.15, 0.2) is 19.7 Å². The van der Waals surface area contributed by atoms with Crippen LogP contribution in [-0.2, 0) is 32.6 Å². The van der Waals surface area contributed by atoms with E-state index in [-0.39, 0.29) is 34.3 Å². The first-order valence-corrected chi connectivity index (χ1v) is 13.6. The van der Waals surface area contributed by atoms with Gasteiger partial charge in [-0.3, -0.25) is 0 Å². The summed E-state index contributed by atoms with van der Waals surface area (Å²) in [6.45, 7) is 0.386. The molecule has 0 bridgehead atoms. The van der Waals surface area contributed by atoms with Crippen LogP contribution in [0.5, 0.6) is 5.75 Å². The molecule has 3 aromatic carbocycles. The number of benzene rings is 3. The molecule has 4 rings (SSSR count). The molecule has 9 heteroatoms. The number of fused-ring (bicyclic) bond motifs is 1. The fraction of sp³-hybridized carbons (Fsp3) is 0.250. The minimum atomic E-state index is -3.92. The molecular formula is C24H26ClNO5S2. The molecule has 0 amide bonds. The Morgan fingerprint density at radius 1 is 0.939 bits per heavy atom. The molecule has 0 aromatic heterocycles. The van der Waals surface area contributed by atoms with Gasteiger partial charge in [0.2, 0.25) is 0 Å². The van der Waals surface area contributed by atoms with E-state index >= 15 is 0 Å². The van der Waals surface area contributed by atoms with Gasteiger partial charge in [0.25, 0.3) is 0 Å². The largest absolute Gasteiger partial charge is 0.493 e. The molecule has 0 aliphatic carbocycles. The zero-order valence-electron chi connectivity index (χ0n) is 17.9. The molecule has 1 atom stereocenters. The molecule has 6 nitrogen and oxygen atoms in total. The number of sulfone groups is 2. The highest BCUT2D eigenvalue weighted by molar-refractivity contribution is 7.96. The Hall–Kier alpha value is -2.39. The van der Waals surface area contributed by atoms with Crippen LogP contribution in [0.25, 0.3) is 0 Å². The second-order valence-corrected chi connectivity index (χ2v) is 11.9. The maximum absolute atomic E-state index is 13.3. The molecule has 1 aliphatic heterocycles. The maximum atomic E-state index is 13.3. The molecule has 1 unspecified atom stereocenters. The van der Waals surface area contributed by atoms with Crippen molar-refractivity contribution >= 4 is 32.1 Å². The minimum absolute atomic E-state index is 0. The average Bonchev–Trinajstić information content (AvgIpc) is 3.09. The molecule has 1 heterocycles. The van der Waals surface area contributed by atoms with Gasteiger partial charge in [-0.05, 0) is 48.2 Å². The summed E-state index contributed by atoms with van der Waals surface area (Å²) in [4.78, 5) is 0.115. The first kappa shape index (κ1) is 25.2. The molecule has 0 saturated heterocycles. The number of aryl methyl sites for hydroxylation is 1. The lowest BCUT2D eigenvalue weighted by molar-refractivity contribution is 0.307. The third-order valence-electron chi connectivity index (χ3n) is 5.66. The third-order valence-corrected chi connectivity index (χ3v) is 9.75. The van der Waals surface area contributed by atoms with Crippen molar-refractivity contribution in [3.8, 4) is 5.75 Å². The average molecular weight is 508 g/mol. The fourth-order valence-electron chi connectivity index (χ4n) is 4.09. The van der Waals surface area contributed by atoms with Crippen LogP contribution < -0.4 is 10.5 Å². The second kappa shape index (κ2) is 10.3. The van der Waals surface area contributed by atoms with Crippen molar-refractivity contribution in [3.63, 3.8) is 0 Å². The Kier molecular flexibility index (Phi) is 7.84. The molecule has 2 N–H and O–H groups in total. The molecule has 0 saturated carbocycles. The SMILES string of the molecule is Cl.NCc1c(OCCCc2ccccc2)ccc2c1C(S(=O)(=O)c1ccccc1)CS2(=O)=O. The van der Waals surface area contributed by atoms with Crippen LogP contribution in [0.3, 0.4) is 0 Å². The van der Waals surface area contributed by atoms with Crippen LogP contribution in [0, 0.1) is 0 Å². The summed E-state index contributed by atoms with van der Waals surface area (Å²) in [5.74, 6) is -0.0611. The van der Waals surface area contributed by atoms with Gasteiger partial charge in [-0.1, -0.05) is 48.5 Å². The first-order valence-electron chi connectivity index (χ1n) is 10.4. The van der Waals surface area contributed by atoms with Crippen LogP contribution in [-0.4, -0.2) is 29.2 Å². The van der Waals surface area contributed by atoms with Crippen molar-refractivity contribution < 1.29 is 21.6 Å². The fourth-order valence-corrected chi connectivity index (χ4v) is 8.48. The van der Waals surface area contributed by atoms with E-state index in [9.17, 15) is 16.8 Å². The van der Waals surface area contributed by atoms with Crippen molar-refractivity contribution in [2.75, 3.05) is 12.4 Å². The van der Waals surface area contributed by atoms with Gasteiger partial charge in [0, 0.05) is 12.1 Å². The van der Waals surface area contributed by atoms with Gasteiger partial charge >= 0.3 is 0 Å². The number of ether oxygens (including phenoxy) is 1. The number of hydrogen-bond donors (Lipinski definition) is 1. The summed E-state index contributed by atoms with van der Waals surface area (Å²) in [5, 5.41) is -1.21. The topological polar surface area (TPSA) is 104 Å². The van der Waals surface area contributed by atoms with Gasteiger partial charge in [-0.15, -0.1) is 12.4 Å². The predicted molar refractivity (Wildman–Crippen MR) is 130 cm³/mol. The van der Waals surface area contributed by atoms with E-state index in [1.807, 2.05) is 30.3 Å². The molecule has 3 aromatic rings. The van der Waals surface area contributed by atoms with E-state index < -0.39 is 30.7 Å². The third kappa shape index (κ3) is 5.09. The predicted octanol–water partition coefficient (Wildman–Crippen LogP) is 3.88. The van der Waals surface area contributed by atoms with Crippen molar-refractivity contribution in [2.45, 2.75) is 34.4 Å². The Morgan fingerprint density at radius 3 is 2.21 bits per heavy atom. The first-order chi connectivity index (χ1) is 15.3. The molecule has 0 fully saturated rings. The zero-order valence-corrected chi connectivity index (χ0v) is 20.3. The van der Waals surface area contributed by atoms with E-state index in [4.69, 9.17) is 10.5 Å². The van der Waals surface area contributed by atoms with Crippen molar-refractivity contribution in [1.29, 1.82) is 0 Å². The van der Waals surface area contributed by atoms with Gasteiger partial charge < -0.3 is 10.5 Å². The lowest BCUT2D eigenvalue weighted by Crippen LogP contribution is -2.18. The highest BCUT2D eigenvalue weighted by Crippen LogP contribution is 2.45. The van der Waals surface area contributed by atoms with E-state index in [0.717, 1.165) is 12.8 Å². The highest BCUT2D eigenvalue weighted by Gasteiger charge is 2.45. The summed E-state index contributed by atoms with van der Waals surface area (Å²) in [6, 6.07) is 21.0. The normalized spacial score (nSPS) is 16.6. The van der Waals surface area contributed by atoms with Crippen LogP contribution in [0.1, 0.15) is 28.4 Å². The van der Waals surface area contributed by atoms with Crippen molar-refractivity contribution in [2.24, 2.45) is 5.73 Å². The Bertz CT molecular complexity index is 1310. The molecule has 33 heavy (non-hydrogen) atoms. The Labute approximate surface area is 201 Å². The number of rotatable bonds is 8. The van der Waals surface area contributed by atoms with Gasteiger partial charge in [0.05, 0.1) is 22.2 Å². The summed E-state index contributed by atoms with van der Waals surface area (Å²) >= 11 is 0. The molecular weight excluding hydrogens is 482 g/mol. The summed E-state index contributed by atoms with van der Waals surface area (Å²) in [6.07, 6.45) is 1.60. The van der Waals surface area contributed by atoms with E-state index in [1.54, 1.807) is 24.3 Å². The Balaban J connectivity index is 0.00000306. The monoisotopic (exact) mass is 507 g/mol. The maximum Gasteiger partial charge on any atom is 0.186 e. The van der Waals surface area contributed by atoms with Crippen LogP contribution >= 0.6 is 12.4 Å². The smallest absolute Gasteiger partial charge is 0.186 e. The lowest BCUT2D eigenvalue weighted by Gasteiger charge is -2.18. The lowest BCUT2D eigenvalue weighted by atomic mass is 10.0. The molecule has 0 spiro atoms. The van der Waals surface area contributed by atoms with Gasteiger partial charge in [0.1, 0.15) is 11.0 Å². The van der Waals surface area contributed by atoms with Crippen LogP contribution in [0.4, 0.5) is 0 Å². The molecule has 176 valence electrons. The second-order valence-electron chi connectivity index (χ2n) is 7.72. The summed E-state index contributed by atoms with van der Waals surface area (Å²) in [7, 11) is -7.67. The number of hydrogen-bond acceptors (Lipinski definition) is 6. The van der Waals surface area contributed by atoms with Crippen molar-refractivity contribution in [3.05, 3.63) is 89.5 Å². The van der Waals surface area contributed by atoms with E-state index in [0.29, 0.717) is 17.9 Å². The summed E-state index contributed by atoms with van der Waals surface area (Å²) < 4.78 is 58.2. The quantitative estimate of drug-likeness (QED) is 0.464. The zero-order chi connectivity index (χ0) is 22.8. The van der Waals surface area contributed by atoms with Crippen LogP contribution in [0.2, 0.25) is 0 Å². The van der Waals surface area contributed by atoms with Gasteiger partial charge in [-0.2, -0.15) is 0 Å². The summed E-state index contributed by atoms with van der Waals surface area (Å²) in [5.41, 5.74) is 7.87. The van der Waals surface area contributed by atoms with Crippen LogP contribution in [0.15, 0.2) is 82.6 Å². The highest BCUT2D eigenvalue weighted by atomic mass is 35.5. The molecule has 1 aliphatic rings. The van der Waals surface area contributed by atoms with E-state index in [2.05, 4.69) is 0 Å². The minimum Gasteiger partial charge on any atom is -0.493 e. The Morgan fingerprint density at radius 2 is 1.58 bits per heavy atom. The van der Waals surface area contributed by atoms with Crippen molar-refractivity contribution in [1.82, 2.24) is 0 Å².